The monoisotopic (exact) mass is 579 g/mol. The lowest BCUT2D eigenvalue weighted by Crippen LogP contribution is -2.40. The lowest BCUT2D eigenvalue weighted by Gasteiger charge is -2.26. The molecule has 3 rings (SSSR count). The van der Waals surface area contributed by atoms with Crippen molar-refractivity contribution in [1.29, 1.82) is 0 Å². The average molecular weight is 580 g/mol. The summed E-state index contributed by atoms with van der Waals surface area (Å²) in [6.45, 7) is 6.72. The van der Waals surface area contributed by atoms with Crippen molar-refractivity contribution < 1.29 is 26.4 Å². The van der Waals surface area contributed by atoms with E-state index in [2.05, 4.69) is 10.5 Å². The highest BCUT2D eigenvalue weighted by Gasteiger charge is 2.35. The molecule has 3 aromatic carbocycles. The summed E-state index contributed by atoms with van der Waals surface area (Å²) in [4.78, 5) is 12.7. The molecule has 0 unspecified atom stereocenters. The van der Waals surface area contributed by atoms with Crippen molar-refractivity contribution in [2.24, 2.45) is 5.10 Å². The number of amides is 1. The van der Waals surface area contributed by atoms with E-state index in [1.807, 2.05) is 44.2 Å². The first-order valence-corrected chi connectivity index (χ1v) is 13.8. The number of benzene rings is 3. The van der Waals surface area contributed by atoms with Crippen LogP contribution >= 0.6 is 11.6 Å². The maximum absolute atomic E-state index is 13.5. The molecule has 0 aliphatic heterocycles. The van der Waals surface area contributed by atoms with Gasteiger partial charge in [-0.25, -0.2) is 13.8 Å². The normalized spacial score (nSPS) is 12.8. The van der Waals surface area contributed by atoms with Gasteiger partial charge in [-0.1, -0.05) is 73.5 Å². The highest BCUT2D eigenvalue weighted by atomic mass is 35.5. The van der Waals surface area contributed by atoms with Gasteiger partial charge in [0.05, 0.1) is 21.2 Å². The van der Waals surface area contributed by atoms with Crippen LogP contribution in [0.15, 0.2) is 82.8 Å². The van der Waals surface area contributed by atoms with Crippen LogP contribution < -0.4 is 9.73 Å². The van der Waals surface area contributed by atoms with Crippen molar-refractivity contribution >= 4 is 38.9 Å². The molecular formula is C28H29ClF3N3O3S. The summed E-state index contributed by atoms with van der Waals surface area (Å²) in [7, 11) is -4.43. The van der Waals surface area contributed by atoms with Gasteiger partial charge in [0.2, 0.25) is 0 Å². The Kier molecular flexibility index (Phi) is 9.12. The van der Waals surface area contributed by atoms with Crippen LogP contribution in [0.3, 0.4) is 0 Å². The molecule has 1 amide bonds. The number of hydrogen-bond acceptors (Lipinski definition) is 4. The Morgan fingerprint density at radius 2 is 1.62 bits per heavy atom. The van der Waals surface area contributed by atoms with Crippen LogP contribution in [-0.4, -0.2) is 26.6 Å². The molecule has 0 aliphatic rings. The highest BCUT2D eigenvalue weighted by molar-refractivity contribution is 7.92. The molecule has 0 aromatic heterocycles. The molecule has 0 atom stereocenters. The second-order valence-corrected chi connectivity index (χ2v) is 12.1. The van der Waals surface area contributed by atoms with Gasteiger partial charge in [0.25, 0.3) is 15.9 Å². The number of hydrogen-bond donors (Lipinski definition) is 1. The fourth-order valence-corrected chi connectivity index (χ4v) is 5.67. The van der Waals surface area contributed by atoms with E-state index >= 15 is 0 Å². The first-order valence-electron chi connectivity index (χ1n) is 11.9. The molecule has 0 saturated heterocycles. The second-order valence-electron chi connectivity index (χ2n) is 9.80. The molecule has 11 heteroatoms. The summed E-state index contributed by atoms with van der Waals surface area (Å²) in [5.41, 5.74) is 2.90. The quantitative estimate of drug-likeness (QED) is 0.226. The number of aryl methyl sites for hydroxylation is 1. The van der Waals surface area contributed by atoms with Gasteiger partial charge in [-0.05, 0) is 61.6 Å². The molecule has 0 radical (unpaired) electrons. The maximum atomic E-state index is 13.5. The third-order valence-corrected chi connectivity index (χ3v) is 8.18. The lowest BCUT2D eigenvalue weighted by atomic mass is 9.80. The Balaban J connectivity index is 1.90. The third-order valence-electron chi connectivity index (χ3n) is 6.06. The van der Waals surface area contributed by atoms with Gasteiger partial charge in [-0.2, -0.15) is 18.3 Å². The predicted octanol–water partition coefficient (Wildman–Crippen LogP) is 6.72. The number of hydrazone groups is 1. The van der Waals surface area contributed by atoms with E-state index in [-0.39, 0.29) is 16.0 Å². The van der Waals surface area contributed by atoms with Crippen molar-refractivity contribution in [1.82, 2.24) is 5.43 Å². The maximum Gasteiger partial charge on any atom is 0.417 e. The number of sulfonamides is 1. The molecule has 0 fully saturated rings. The Bertz CT molecular complexity index is 1460. The third kappa shape index (κ3) is 7.60. The standard InChI is InChI=1S/C28H29ClF3N3O3S/c1-19-10-13-23(14-11-19)39(37,38)35(22-12-15-25(29)24(16-22)28(30,31)32)18-26(36)34-33-20(2)17-27(3,4)21-8-6-5-7-9-21/h5-16H,17-18H2,1-4H3,(H,34,36)/b33-20-. The molecule has 0 saturated carbocycles. The van der Waals surface area contributed by atoms with Crippen molar-refractivity contribution in [3.8, 4) is 0 Å². The summed E-state index contributed by atoms with van der Waals surface area (Å²) in [5.74, 6) is -0.828. The zero-order valence-electron chi connectivity index (χ0n) is 21.9. The molecule has 208 valence electrons. The molecular weight excluding hydrogens is 551 g/mol. The minimum absolute atomic E-state index is 0.186. The van der Waals surface area contributed by atoms with E-state index in [4.69, 9.17) is 11.6 Å². The van der Waals surface area contributed by atoms with Crippen molar-refractivity contribution in [3.63, 3.8) is 0 Å². The number of halogens is 4. The van der Waals surface area contributed by atoms with Crippen molar-refractivity contribution in [2.75, 3.05) is 10.8 Å². The Morgan fingerprint density at radius 1 is 1.00 bits per heavy atom. The van der Waals surface area contributed by atoms with Crippen molar-refractivity contribution in [2.45, 2.75) is 50.6 Å². The largest absolute Gasteiger partial charge is 0.417 e. The summed E-state index contributed by atoms with van der Waals surface area (Å²) in [6.07, 6.45) is -4.34. The average Bonchev–Trinajstić information content (AvgIpc) is 2.86. The van der Waals surface area contributed by atoms with Gasteiger partial charge in [0, 0.05) is 5.71 Å². The zero-order chi connectivity index (χ0) is 29.0. The number of carbonyl (C=O) groups is 1. The molecule has 0 bridgehead atoms. The Labute approximate surface area is 231 Å². The molecule has 0 aliphatic carbocycles. The minimum Gasteiger partial charge on any atom is -0.271 e. The molecule has 3 aromatic rings. The van der Waals surface area contributed by atoms with Gasteiger partial charge >= 0.3 is 6.18 Å². The zero-order valence-corrected chi connectivity index (χ0v) is 23.5. The van der Waals surface area contributed by atoms with Crippen LogP contribution in [0.4, 0.5) is 18.9 Å². The van der Waals surface area contributed by atoms with Gasteiger partial charge in [-0.3, -0.25) is 9.10 Å². The number of nitrogens with one attached hydrogen (secondary N) is 1. The van der Waals surface area contributed by atoms with Crippen molar-refractivity contribution in [3.05, 3.63) is 94.5 Å². The molecule has 39 heavy (non-hydrogen) atoms. The summed E-state index contributed by atoms with van der Waals surface area (Å²) >= 11 is 5.74. The van der Waals surface area contributed by atoms with Crippen LogP contribution in [0.5, 0.6) is 0 Å². The van der Waals surface area contributed by atoms with Crippen LogP contribution in [0, 0.1) is 6.92 Å². The van der Waals surface area contributed by atoms with Gasteiger partial charge in [0.1, 0.15) is 6.54 Å². The highest BCUT2D eigenvalue weighted by Crippen LogP contribution is 2.38. The Hall–Kier alpha value is -3.37. The molecule has 6 nitrogen and oxygen atoms in total. The van der Waals surface area contributed by atoms with Gasteiger partial charge in [0.15, 0.2) is 0 Å². The van der Waals surface area contributed by atoms with E-state index in [1.54, 1.807) is 26.0 Å². The lowest BCUT2D eigenvalue weighted by molar-refractivity contribution is -0.137. The number of alkyl halides is 3. The fourth-order valence-electron chi connectivity index (χ4n) is 4.03. The molecule has 0 spiro atoms. The number of anilines is 1. The first kappa shape index (κ1) is 30.2. The number of carbonyl (C=O) groups excluding carboxylic acids is 1. The van der Waals surface area contributed by atoms with Gasteiger partial charge in [-0.15, -0.1) is 0 Å². The van der Waals surface area contributed by atoms with E-state index in [9.17, 15) is 26.4 Å². The van der Waals surface area contributed by atoms with Crippen LogP contribution in [-0.2, 0) is 26.4 Å². The minimum atomic E-state index is -4.83. The summed E-state index contributed by atoms with van der Waals surface area (Å²) < 4.78 is 68.2. The van der Waals surface area contributed by atoms with E-state index in [0.717, 1.165) is 23.3 Å². The van der Waals surface area contributed by atoms with E-state index < -0.39 is 39.2 Å². The van der Waals surface area contributed by atoms with E-state index in [1.165, 1.54) is 12.1 Å². The molecule has 0 heterocycles. The fraction of sp³-hybridized carbons (Fsp3) is 0.286. The topological polar surface area (TPSA) is 78.8 Å². The first-order chi connectivity index (χ1) is 18.1. The van der Waals surface area contributed by atoms with Crippen LogP contribution in [0.1, 0.15) is 43.9 Å². The number of nitrogens with zero attached hydrogens (tertiary/aromatic N) is 2. The number of rotatable bonds is 9. The van der Waals surface area contributed by atoms with Gasteiger partial charge < -0.3 is 0 Å². The Morgan fingerprint density at radius 3 is 2.21 bits per heavy atom. The van der Waals surface area contributed by atoms with Crippen LogP contribution in [0.2, 0.25) is 5.02 Å². The summed E-state index contributed by atoms with van der Waals surface area (Å²) in [5, 5.41) is 3.52. The second kappa shape index (κ2) is 11.8. The van der Waals surface area contributed by atoms with Crippen LogP contribution in [0.25, 0.3) is 0 Å². The summed E-state index contributed by atoms with van der Waals surface area (Å²) in [6, 6.07) is 18.2. The molecule has 1 N–H and O–H groups in total. The van der Waals surface area contributed by atoms with E-state index in [0.29, 0.717) is 22.5 Å². The smallest absolute Gasteiger partial charge is 0.271 e. The predicted molar refractivity (Wildman–Crippen MR) is 148 cm³/mol. The SMILES string of the molecule is C/C(CC(C)(C)c1ccccc1)=N/NC(=O)CN(c1ccc(Cl)c(C(F)(F)F)c1)S(=O)(=O)c1ccc(C)cc1.